The monoisotopic (exact) mass is 540 g/mol. The zero-order chi connectivity index (χ0) is 27.7. The van der Waals surface area contributed by atoms with Gasteiger partial charge in [-0.15, -0.1) is 0 Å². The van der Waals surface area contributed by atoms with Crippen LogP contribution in [0.3, 0.4) is 0 Å². The molecule has 3 aromatic rings. The van der Waals surface area contributed by atoms with Crippen molar-refractivity contribution >= 4 is 29.1 Å². The number of hydrogen-bond donors (Lipinski definition) is 0. The van der Waals surface area contributed by atoms with E-state index in [-0.39, 0.29) is 42.8 Å². The molecule has 1 aromatic heterocycles. The molecule has 0 fully saturated rings. The van der Waals surface area contributed by atoms with Gasteiger partial charge in [0.2, 0.25) is 5.91 Å². The lowest BCUT2D eigenvalue weighted by molar-refractivity contribution is -0.384. The van der Waals surface area contributed by atoms with E-state index < -0.39 is 10.8 Å². The Morgan fingerprint density at radius 2 is 1.76 bits per heavy atom. The van der Waals surface area contributed by atoms with Crippen LogP contribution in [0.25, 0.3) is 0 Å². The van der Waals surface area contributed by atoms with Crippen LogP contribution in [0.4, 0.5) is 5.69 Å². The molecule has 3 rings (SSSR count). The number of nitro groups is 1. The number of carbonyl (C=O) groups excluding carboxylic acids is 2. The Kier molecular flexibility index (Phi) is 10.4. The van der Waals surface area contributed by atoms with E-state index in [0.717, 1.165) is 11.3 Å². The van der Waals surface area contributed by atoms with Gasteiger partial charge in [0, 0.05) is 61.4 Å². The van der Waals surface area contributed by atoms with Crippen molar-refractivity contribution in [3.63, 3.8) is 0 Å². The van der Waals surface area contributed by atoms with E-state index >= 15 is 0 Å². The number of aromatic nitrogens is 1. The molecule has 1 heterocycles. The molecule has 0 N–H and O–H groups in total. The molecule has 38 heavy (non-hydrogen) atoms. The first-order valence-corrected chi connectivity index (χ1v) is 12.7. The highest BCUT2D eigenvalue weighted by molar-refractivity contribution is 6.31. The van der Waals surface area contributed by atoms with Crippen LogP contribution in [0.2, 0.25) is 5.02 Å². The highest BCUT2D eigenvalue weighted by Gasteiger charge is 2.24. The quantitative estimate of drug-likeness (QED) is 0.227. The molecule has 0 aliphatic carbocycles. The summed E-state index contributed by atoms with van der Waals surface area (Å²) >= 11 is 6.36. The van der Waals surface area contributed by atoms with E-state index in [4.69, 9.17) is 16.3 Å². The molecule has 0 radical (unpaired) electrons. The maximum absolute atomic E-state index is 13.6. The molecule has 0 bridgehead atoms. The third-order valence-corrected chi connectivity index (χ3v) is 6.39. The lowest BCUT2D eigenvalue weighted by Crippen LogP contribution is -2.45. The molecule has 0 unspecified atom stereocenters. The van der Waals surface area contributed by atoms with Crippen molar-refractivity contribution in [2.45, 2.75) is 26.9 Å². The first kappa shape index (κ1) is 28.9. The highest BCUT2D eigenvalue weighted by atomic mass is 35.5. The van der Waals surface area contributed by atoms with Gasteiger partial charge in [-0.25, -0.2) is 0 Å². The number of carbonyl (C=O) groups is 2. The Morgan fingerprint density at radius 3 is 2.39 bits per heavy atom. The van der Waals surface area contributed by atoms with E-state index in [0.29, 0.717) is 24.7 Å². The van der Waals surface area contributed by atoms with Gasteiger partial charge in [-0.3, -0.25) is 19.7 Å². The minimum absolute atomic E-state index is 0.107. The maximum Gasteiger partial charge on any atom is 0.269 e. The number of methoxy groups -OCH3 is 1. The fourth-order valence-corrected chi connectivity index (χ4v) is 4.27. The predicted molar refractivity (Wildman–Crippen MR) is 146 cm³/mol. The predicted octanol–water partition coefficient (Wildman–Crippen LogP) is 4.87. The molecule has 0 saturated heterocycles. The second-order valence-electron chi connectivity index (χ2n) is 9.41. The Hall–Kier alpha value is -3.69. The number of halogens is 1. The van der Waals surface area contributed by atoms with E-state index in [2.05, 4.69) is 4.57 Å². The molecular formula is C28H33ClN4O5. The Balaban J connectivity index is 1.78. The van der Waals surface area contributed by atoms with Crippen molar-refractivity contribution in [1.82, 2.24) is 14.4 Å². The van der Waals surface area contributed by atoms with Gasteiger partial charge >= 0.3 is 0 Å². The maximum atomic E-state index is 13.6. The number of amides is 2. The molecule has 10 heteroatoms. The lowest BCUT2D eigenvalue weighted by atomic mass is 10.1. The van der Waals surface area contributed by atoms with Crippen molar-refractivity contribution < 1.29 is 19.2 Å². The number of ether oxygens (including phenoxy) is 1. The van der Waals surface area contributed by atoms with Gasteiger partial charge in [-0.05, 0) is 41.8 Å². The van der Waals surface area contributed by atoms with Crippen LogP contribution >= 0.6 is 11.6 Å². The Labute approximate surface area is 227 Å². The van der Waals surface area contributed by atoms with Crippen LogP contribution in [-0.4, -0.2) is 64.5 Å². The van der Waals surface area contributed by atoms with Crippen LogP contribution in [0.1, 0.15) is 35.5 Å². The lowest BCUT2D eigenvalue weighted by Gasteiger charge is -2.29. The van der Waals surface area contributed by atoms with Crippen LogP contribution in [-0.2, 0) is 22.6 Å². The normalized spacial score (nSPS) is 11.0. The van der Waals surface area contributed by atoms with Crippen LogP contribution in [0.15, 0.2) is 66.9 Å². The average Bonchev–Trinajstić information content (AvgIpc) is 3.33. The second-order valence-corrected chi connectivity index (χ2v) is 9.82. The fourth-order valence-electron chi connectivity index (χ4n) is 4.07. The molecule has 2 aromatic carbocycles. The van der Waals surface area contributed by atoms with Gasteiger partial charge < -0.3 is 19.1 Å². The van der Waals surface area contributed by atoms with Crippen LogP contribution < -0.4 is 0 Å². The van der Waals surface area contributed by atoms with Crippen molar-refractivity contribution in [3.8, 4) is 0 Å². The van der Waals surface area contributed by atoms with Crippen molar-refractivity contribution in [1.29, 1.82) is 0 Å². The van der Waals surface area contributed by atoms with Crippen LogP contribution in [0.5, 0.6) is 0 Å². The van der Waals surface area contributed by atoms with E-state index in [1.807, 2.05) is 56.4 Å². The summed E-state index contributed by atoms with van der Waals surface area (Å²) in [7, 11) is 1.52. The summed E-state index contributed by atoms with van der Waals surface area (Å²) in [5.74, 6) is -0.379. The number of nitro benzene ring substituents is 1. The summed E-state index contributed by atoms with van der Waals surface area (Å²) < 4.78 is 7.22. The van der Waals surface area contributed by atoms with Crippen molar-refractivity contribution in [2.75, 3.05) is 33.4 Å². The van der Waals surface area contributed by atoms with Gasteiger partial charge in [0.25, 0.3) is 11.6 Å². The summed E-state index contributed by atoms with van der Waals surface area (Å²) in [5.41, 5.74) is 2.09. The van der Waals surface area contributed by atoms with Gasteiger partial charge in [-0.1, -0.05) is 43.6 Å². The molecule has 0 spiro atoms. The third-order valence-electron chi connectivity index (χ3n) is 6.02. The number of rotatable bonds is 13. The summed E-state index contributed by atoms with van der Waals surface area (Å²) in [6, 6.07) is 16.9. The Morgan fingerprint density at radius 1 is 1.05 bits per heavy atom. The first-order valence-electron chi connectivity index (χ1n) is 12.4. The third kappa shape index (κ3) is 7.90. The van der Waals surface area contributed by atoms with E-state index in [1.165, 1.54) is 36.3 Å². The first-order chi connectivity index (χ1) is 18.2. The van der Waals surface area contributed by atoms with Crippen molar-refractivity contribution in [2.24, 2.45) is 5.92 Å². The number of benzene rings is 2. The van der Waals surface area contributed by atoms with Crippen molar-refractivity contribution in [3.05, 3.63) is 98.8 Å². The topological polar surface area (TPSA) is 97.9 Å². The van der Waals surface area contributed by atoms with E-state index in [9.17, 15) is 19.7 Å². The van der Waals surface area contributed by atoms with Gasteiger partial charge in [0.05, 0.1) is 18.1 Å². The molecule has 0 aliphatic rings. The average molecular weight is 541 g/mol. The zero-order valence-electron chi connectivity index (χ0n) is 21.9. The molecule has 202 valence electrons. The van der Waals surface area contributed by atoms with Crippen LogP contribution in [0, 0.1) is 16.0 Å². The molecule has 0 aliphatic heterocycles. The SMILES string of the molecule is COCCN(CC(=O)N(Cc1cccn1Cc1ccccc1Cl)CC(C)C)C(=O)c1ccc([N+](=O)[O-])cc1. The zero-order valence-corrected chi connectivity index (χ0v) is 22.6. The van der Waals surface area contributed by atoms with Gasteiger partial charge in [0.15, 0.2) is 0 Å². The highest BCUT2D eigenvalue weighted by Crippen LogP contribution is 2.19. The Bertz CT molecular complexity index is 1240. The second kappa shape index (κ2) is 13.7. The summed E-state index contributed by atoms with van der Waals surface area (Å²) in [4.78, 5) is 40.4. The molecule has 2 amide bonds. The van der Waals surface area contributed by atoms with Gasteiger partial charge in [-0.2, -0.15) is 0 Å². The van der Waals surface area contributed by atoms with Gasteiger partial charge in [0.1, 0.15) is 6.54 Å². The molecule has 0 atom stereocenters. The fraction of sp³-hybridized carbons (Fsp3) is 0.357. The summed E-state index contributed by atoms with van der Waals surface area (Å²) in [6.07, 6.45) is 1.96. The molecular weight excluding hydrogens is 508 g/mol. The minimum atomic E-state index is -0.522. The number of nitrogens with zero attached hydrogens (tertiary/aromatic N) is 4. The summed E-state index contributed by atoms with van der Waals surface area (Å²) in [5, 5.41) is 11.7. The number of non-ortho nitro benzene ring substituents is 1. The summed E-state index contributed by atoms with van der Waals surface area (Å²) in [6.45, 7) is 5.84. The van der Waals surface area contributed by atoms with E-state index in [1.54, 1.807) is 4.90 Å². The standard InChI is InChI=1S/C28H33ClN4O5/c1-21(2)17-32(19-25-8-6-14-30(25)18-23-7-4-5-9-26(23)29)27(34)20-31(15-16-38-3)28(35)22-10-12-24(13-11-22)33(36)37/h4-14,21H,15-20H2,1-3H3. The minimum Gasteiger partial charge on any atom is -0.383 e. The molecule has 0 saturated carbocycles. The largest absolute Gasteiger partial charge is 0.383 e. The molecule has 9 nitrogen and oxygen atoms in total. The number of hydrogen-bond acceptors (Lipinski definition) is 5. The smallest absolute Gasteiger partial charge is 0.269 e.